The van der Waals surface area contributed by atoms with Crippen molar-refractivity contribution in [3.63, 3.8) is 0 Å². The number of benzene rings is 7. The van der Waals surface area contributed by atoms with Gasteiger partial charge in [0, 0.05) is 16.8 Å². The predicted octanol–water partition coefficient (Wildman–Crippen LogP) is 8.92. The average Bonchev–Trinajstić information content (AvgIpc) is 2.98. The maximum atomic E-state index is 12.7. The van der Waals surface area contributed by atoms with Crippen LogP contribution < -0.4 is 5.73 Å². The number of hydrogen-bond acceptors (Lipinski definition) is 3. The Morgan fingerprint density at radius 3 is 1.77 bits per heavy atom. The molecule has 40 heavy (non-hydrogen) atoms. The molecule has 0 atom stereocenters. The summed E-state index contributed by atoms with van der Waals surface area (Å²) in [4.78, 5) is 24.6. The number of nitrogens with two attached hydrogens (primary N) is 1. The Kier molecular flexibility index (Phi) is 6.49. The third-order valence-corrected chi connectivity index (χ3v) is 7.77. The summed E-state index contributed by atoms with van der Waals surface area (Å²) in [6, 6.07) is 36.5. The van der Waals surface area contributed by atoms with Gasteiger partial charge in [0.25, 0.3) is 0 Å². The van der Waals surface area contributed by atoms with Gasteiger partial charge in [0.2, 0.25) is 0 Å². The monoisotopic (exact) mass is 519 g/mol. The molecule has 0 saturated heterocycles. The SMILES string of the molecule is CC(=O)c1ccc2c3ccc(C)c4c(C=O)ccc(c5ccc(Cc6ccccc6)c1c52)c43.Nc1ccccc1. The lowest BCUT2D eigenvalue weighted by atomic mass is 9.83. The summed E-state index contributed by atoms with van der Waals surface area (Å²) >= 11 is 0. The maximum absolute atomic E-state index is 12.7. The molecule has 0 aliphatic heterocycles. The minimum atomic E-state index is 0.0733. The third kappa shape index (κ3) is 4.26. The Bertz CT molecular complexity index is 2010. The molecule has 7 aromatic carbocycles. The van der Waals surface area contributed by atoms with E-state index in [4.69, 9.17) is 5.73 Å². The summed E-state index contributed by atoms with van der Waals surface area (Å²) in [7, 11) is 0. The fraction of sp³-hybridized carbons (Fsp3) is 0.0811. The molecule has 0 spiro atoms. The Labute approximate surface area is 233 Å². The van der Waals surface area contributed by atoms with Crippen molar-refractivity contribution in [2.45, 2.75) is 20.3 Å². The number of anilines is 1. The first kappa shape index (κ1) is 25.3. The van der Waals surface area contributed by atoms with Gasteiger partial charge in [0.1, 0.15) is 0 Å². The van der Waals surface area contributed by atoms with Crippen molar-refractivity contribution in [3.05, 3.63) is 137 Å². The second-order valence-corrected chi connectivity index (χ2v) is 10.3. The lowest BCUT2D eigenvalue weighted by Gasteiger charge is -2.19. The van der Waals surface area contributed by atoms with Crippen molar-refractivity contribution in [1.82, 2.24) is 0 Å². The molecule has 0 unspecified atom stereocenters. The van der Waals surface area contributed by atoms with E-state index in [2.05, 4.69) is 67.6 Å². The van der Waals surface area contributed by atoms with Gasteiger partial charge >= 0.3 is 0 Å². The molecule has 7 aromatic rings. The number of Topliss-reactive ketones (excluding diaryl/α,β-unsaturated/α-hetero) is 1. The fourth-order valence-electron chi connectivity index (χ4n) is 5.97. The lowest BCUT2D eigenvalue weighted by molar-refractivity contribution is 0.101. The zero-order chi connectivity index (χ0) is 27.8. The number of fused-ring (bicyclic) bond motifs is 2. The normalized spacial score (nSPS) is 11.2. The average molecular weight is 520 g/mol. The second-order valence-electron chi connectivity index (χ2n) is 10.3. The number of rotatable bonds is 4. The molecule has 0 heterocycles. The lowest BCUT2D eigenvalue weighted by Crippen LogP contribution is -2.00. The van der Waals surface area contributed by atoms with E-state index < -0.39 is 0 Å². The van der Waals surface area contributed by atoms with Gasteiger partial charge in [-0.15, -0.1) is 0 Å². The van der Waals surface area contributed by atoms with Crippen LogP contribution in [0.15, 0.2) is 109 Å². The zero-order valence-corrected chi connectivity index (χ0v) is 22.6. The van der Waals surface area contributed by atoms with E-state index in [1.807, 2.05) is 48.5 Å². The van der Waals surface area contributed by atoms with Crippen molar-refractivity contribution in [1.29, 1.82) is 0 Å². The van der Waals surface area contributed by atoms with Crippen molar-refractivity contribution >= 4 is 60.8 Å². The summed E-state index contributed by atoms with van der Waals surface area (Å²) in [6.07, 6.45) is 1.71. The summed E-state index contributed by atoms with van der Waals surface area (Å²) in [5.74, 6) is 0.0733. The molecule has 0 saturated carbocycles. The highest BCUT2D eigenvalue weighted by molar-refractivity contribution is 6.36. The Morgan fingerprint density at radius 1 is 0.650 bits per heavy atom. The first-order valence-electron chi connectivity index (χ1n) is 13.4. The van der Waals surface area contributed by atoms with Crippen LogP contribution in [0.3, 0.4) is 0 Å². The molecule has 0 amide bonds. The minimum absolute atomic E-state index is 0.0733. The van der Waals surface area contributed by atoms with Crippen LogP contribution in [0, 0.1) is 6.92 Å². The van der Waals surface area contributed by atoms with Gasteiger partial charge in [-0.05, 0) is 92.2 Å². The standard InChI is InChI=1S/C31H22O2.C6H7N/c1-18-8-11-24-27-15-14-23(19(2)33)29-21(16-20-6-4-3-5-7-20)9-12-26(31(27)29)25-13-10-22(17-32)28(18)30(24)25;7-6-4-2-1-3-5-6/h3-15,17H,16H2,1-2H3;1-5H,7H2. The van der Waals surface area contributed by atoms with Gasteiger partial charge in [-0.3, -0.25) is 9.59 Å². The van der Waals surface area contributed by atoms with Crippen molar-refractivity contribution < 1.29 is 9.59 Å². The number of nitrogen functional groups attached to an aromatic ring is 1. The van der Waals surface area contributed by atoms with Crippen LogP contribution in [0.5, 0.6) is 0 Å². The third-order valence-electron chi connectivity index (χ3n) is 7.77. The summed E-state index contributed by atoms with van der Waals surface area (Å²) in [5.41, 5.74) is 11.1. The van der Waals surface area contributed by atoms with Gasteiger partial charge in [0.15, 0.2) is 12.1 Å². The van der Waals surface area contributed by atoms with E-state index in [1.165, 1.54) is 5.56 Å². The topological polar surface area (TPSA) is 60.2 Å². The van der Waals surface area contributed by atoms with Gasteiger partial charge in [0.05, 0.1) is 0 Å². The smallest absolute Gasteiger partial charge is 0.160 e. The van der Waals surface area contributed by atoms with Crippen LogP contribution >= 0.6 is 0 Å². The van der Waals surface area contributed by atoms with Crippen LogP contribution in [0.25, 0.3) is 43.1 Å². The summed E-state index contributed by atoms with van der Waals surface area (Å²) in [5, 5.41) is 8.81. The van der Waals surface area contributed by atoms with E-state index in [1.54, 1.807) is 6.92 Å². The molecule has 2 N–H and O–H groups in total. The largest absolute Gasteiger partial charge is 0.399 e. The first-order valence-corrected chi connectivity index (χ1v) is 13.4. The quantitative estimate of drug-likeness (QED) is 0.0830. The van der Waals surface area contributed by atoms with Crippen LogP contribution in [-0.4, -0.2) is 12.1 Å². The Morgan fingerprint density at radius 2 is 1.20 bits per heavy atom. The molecule has 0 bridgehead atoms. The summed E-state index contributed by atoms with van der Waals surface area (Å²) < 4.78 is 0. The molecule has 0 aliphatic rings. The van der Waals surface area contributed by atoms with Crippen LogP contribution in [-0.2, 0) is 6.42 Å². The van der Waals surface area contributed by atoms with E-state index in [9.17, 15) is 9.59 Å². The molecule has 0 aliphatic carbocycles. The van der Waals surface area contributed by atoms with Gasteiger partial charge < -0.3 is 5.73 Å². The highest BCUT2D eigenvalue weighted by Gasteiger charge is 2.20. The van der Waals surface area contributed by atoms with E-state index in [0.717, 1.165) is 78.2 Å². The van der Waals surface area contributed by atoms with E-state index >= 15 is 0 Å². The molecule has 3 heteroatoms. The number of carbonyl (C=O) groups is 2. The van der Waals surface area contributed by atoms with Gasteiger partial charge in [-0.2, -0.15) is 0 Å². The van der Waals surface area contributed by atoms with E-state index in [-0.39, 0.29) is 5.78 Å². The highest BCUT2D eigenvalue weighted by atomic mass is 16.1. The number of para-hydroxylation sites is 1. The predicted molar refractivity (Wildman–Crippen MR) is 168 cm³/mol. The second kappa shape index (κ2) is 10.3. The number of ketones is 1. The molecule has 0 radical (unpaired) electrons. The summed E-state index contributed by atoms with van der Waals surface area (Å²) in [6.45, 7) is 3.70. The van der Waals surface area contributed by atoms with Crippen LogP contribution in [0.2, 0.25) is 0 Å². The Balaban J connectivity index is 0.000000363. The van der Waals surface area contributed by atoms with Crippen molar-refractivity contribution in [2.75, 3.05) is 5.73 Å². The molecule has 3 nitrogen and oxygen atoms in total. The molecule has 0 fully saturated rings. The maximum Gasteiger partial charge on any atom is 0.160 e. The van der Waals surface area contributed by atoms with Crippen LogP contribution in [0.4, 0.5) is 5.69 Å². The number of aryl methyl sites for hydroxylation is 1. The van der Waals surface area contributed by atoms with Crippen molar-refractivity contribution in [3.8, 4) is 0 Å². The first-order chi connectivity index (χ1) is 19.5. The molecular formula is C37H29NO2. The number of carbonyl (C=O) groups excluding carboxylic acids is 2. The molecule has 194 valence electrons. The Hall–Kier alpha value is -5.02. The molecule has 0 aromatic heterocycles. The van der Waals surface area contributed by atoms with Crippen molar-refractivity contribution in [2.24, 2.45) is 0 Å². The van der Waals surface area contributed by atoms with Crippen LogP contribution in [0.1, 0.15) is 44.3 Å². The van der Waals surface area contributed by atoms with Gasteiger partial charge in [-0.25, -0.2) is 0 Å². The fourth-order valence-corrected chi connectivity index (χ4v) is 5.97. The highest BCUT2D eigenvalue weighted by Crippen LogP contribution is 2.44. The molecular weight excluding hydrogens is 490 g/mol. The van der Waals surface area contributed by atoms with Gasteiger partial charge in [-0.1, -0.05) is 97.1 Å². The zero-order valence-electron chi connectivity index (χ0n) is 22.6. The molecule has 7 rings (SSSR count). The minimum Gasteiger partial charge on any atom is -0.399 e. The number of hydrogen-bond donors (Lipinski definition) is 1. The van der Waals surface area contributed by atoms with E-state index in [0.29, 0.717) is 5.56 Å². The number of aldehydes is 1.